The van der Waals surface area contributed by atoms with Crippen molar-refractivity contribution in [3.05, 3.63) is 102 Å². The van der Waals surface area contributed by atoms with Crippen molar-refractivity contribution in [2.75, 3.05) is 6.61 Å². The van der Waals surface area contributed by atoms with E-state index < -0.39 is 0 Å². The lowest BCUT2D eigenvalue weighted by molar-refractivity contribution is -0.132. The Morgan fingerprint density at radius 3 is 2.55 bits per heavy atom. The number of furan rings is 1. The topological polar surface area (TPSA) is 71.8 Å². The quantitative estimate of drug-likeness (QED) is 0.500. The van der Waals surface area contributed by atoms with E-state index in [1.165, 1.54) is 0 Å². The van der Waals surface area contributed by atoms with E-state index in [9.17, 15) is 9.59 Å². The lowest BCUT2D eigenvalue weighted by Crippen LogP contribution is -2.34. The lowest BCUT2D eigenvalue weighted by atomic mass is 10.0. The van der Waals surface area contributed by atoms with Gasteiger partial charge in [0.15, 0.2) is 6.61 Å². The summed E-state index contributed by atoms with van der Waals surface area (Å²) in [4.78, 5) is 27.7. The smallest absolute Gasteiger partial charge is 0.265 e. The van der Waals surface area contributed by atoms with Gasteiger partial charge in [-0.3, -0.25) is 9.59 Å². The first-order valence-corrected chi connectivity index (χ1v) is 11.3. The number of allylic oxidation sites excluding steroid dienone is 2. The van der Waals surface area contributed by atoms with E-state index in [4.69, 9.17) is 9.15 Å². The highest BCUT2D eigenvalue weighted by Crippen LogP contribution is 2.24. The number of carbonyl (C=O) groups is 2. The molecule has 0 aliphatic heterocycles. The second-order valence-corrected chi connectivity index (χ2v) is 7.95. The number of hydrogen-bond donors (Lipinski definition) is 1. The van der Waals surface area contributed by atoms with Crippen molar-refractivity contribution >= 4 is 11.8 Å². The lowest BCUT2D eigenvalue weighted by Gasteiger charge is -2.27. The molecular weight excluding hydrogens is 416 g/mol. The summed E-state index contributed by atoms with van der Waals surface area (Å²) in [5, 5.41) is 2.91. The van der Waals surface area contributed by atoms with Crippen LogP contribution in [-0.2, 0) is 17.9 Å². The Morgan fingerprint density at radius 2 is 1.79 bits per heavy atom. The van der Waals surface area contributed by atoms with Gasteiger partial charge in [0.1, 0.15) is 11.5 Å². The van der Waals surface area contributed by atoms with Gasteiger partial charge in [-0.2, -0.15) is 0 Å². The Bertz CT molecular complexity index is 1090. The van der Waals surface area contributed by atoms with Crippen molar-refractivity contribution in [2.45, 2.75) is 38.8 Å². The van der Waals surface area contributed by atoms with E-state index in [1.807, 2.05) is 42.5 Å². The van der Waals surface area contributed by atoms with Crippen LogP contribution in [0.25, 0.3) is 0 Å². The minimum absolute atomic E-state index is 0.166. The van der Waals surface area contributed by atoms with E-state index in [-0.39, 0.29) is 18.4 Å². The van der Waals surface area contributed by atoms with E-state index >= 15 is 0 Å². The number of nitrogens with zero attached hydrogens (tertiary/aromatic N) is 1. The molecule has 2 aromatic carbocycles. The number of ether oxygens (including phenoxy) is 1. The Morgan fingerprint density at radius 1 is 0.970 bits per heavy atom. The van der Waals surface area contributed by atoms with E-state index in [1.54, 1.807) is 35.4 Å². The minimum atomic E-state index is -0.246. The van der Waals surface area contributed by atoms with Crippen LogP contribution in [0.1, 0.15) is 47.4 Å². The van der Waals surface area contributed by atoms with Gasteiger partial charge in [-0.15, -0.1) is 0 Å². The fraction of sp³-hybridized carbons (Fsp3) is 0.259. The third-order valence-corrected chi connectivity index (χ3v) is 5.59. The third-order valence-electron chi connectivity index (χ3n) is 5.59. The molecule has 0 saturated heterocycles. The number of nitrogens with one attached hydrogen (secondary N) is 1. The Kier molecular flexibility index (Phi) is 7.59. The summed E-state index contributed by atoms with van der Waals surface area (Å²) >= 11 is 0. The molecule has 4 rings (SSSR count). The first kappa shape index (κ1) is 22.4. The Labute approximate surface area is 193 Å². The molecule has 0 radical (unpaired) electrons. The number of carbonyl (C=O) groups excluding carboxylic acids is 2. The first-order valence-electron chi connectivity index (χ1n) is 11.3. The van der Waals surface area contributed by atoms with Crippen molar-refractivity contribution in [3.63, 3.8) is 0 Å². The molecule has 170 valence electrons. The van der Waals surface area contributed by atoms with E-state index in [0.29, 0.717) is 24.4 Å². The Hall–Kier alpha value is -3.80. The molecule has 1 heterocycles. The van der Waals surface area contributed by atoms with E-state index in [2.05, 4.69) is 11.4 Å². The summed E-state index contributed by atoms with van der Waals surface area (Å²) < 4.78 is 11.3. The number of hydrogen-bond acceptors (Lipinski definition) is 4. The third kappa shape index (κ3) is 6.13. The highest BCUT2D eigenvalue weighted by molar-refractivity contribution is 5.97. The van der Waals surface area contributed by atoms with Crippen LogP contribution in [0.15, 0.2) is 89.2 Å². The zero-order valence-corrected chi connectivity index (χ0v) is 18.5. The monoisotopic (exact) mass is 444 g/mol. The van der Waals surface area contributed by atoms with Crippen LogP contribution in [0.2, 0.25) is 0 Å². The molecule has 2 amide bonds. The molecule has 0 spiro atoms. The first-order chi connectivity index (χ1) is 16.2. The molecular formula is C27H28N2O4. The molecule has 1 aromatic heterocycles. The van der Waals surface area contributed by atoms with Crippen LogP contribution >= 0.6 is 0 Å². The van der Waals surface area contributed by atoms with Crippen LogP contribution in [0.3, 0.4) is 0 Å². The maximum atomic E-state index is 13.2. The normalized spacial score (nSPS) is 13.2. The minimum Gasteiger partial charge on any atom is -0.483 e. The molecule has 1 aliphatic carbocycles. The van der Waals surface area contributed by atoms with Crippen LogP contribution < -0.4 is 10.1 Å². The molecule has 3 aromatic rings. The van der Waals surface area contributed by atoms with E-state index in [0.717, 1.165) is 42.7 Å². The summed E-state index contributed by atoms with van der Waals surface area (Å²) in [7, 11) is 0. The zero-order chi connectivity index (χ0) is 22.9. The van der Waals surface area contributed by atoms with Gasteiger partial charge >= 0.3 is 0 Å². The summed E-state index contributed by atoms with van der Waals surface area (Å²) in [5.41, 5.74) is 2.41. The standard InChI is InChI=1S/C27H28N2O4/c30-26(29(19-23-14-9-17-32-23)22-12-5-2-6-13-22)20-33-25-16-8-7-15-24(25)27(31)28-18-21-10-3-1-4-11-21/h1,3-4,7-12,14-17H,2,5-6,13,18-20H2,(H,28,31). The van der Waals surface area contributed by atoms with Gasteiger partial charge in [0, 0.05) is 12.2 Å². The van der Waals surface area contributed by atoms with Gasteiger partial charge in [-0.05, 0) is 55.5 Å². The second kappa shape index (κ2) is 11.2. The molecule has 0 unspecified atom stereocenters. The van der Waals surface area contributed by atoms with Crippen LogP contribution in [-0.4, -0.2) is 23.3 Å². The zero-order valence-electron chi connectivity index (χ0n) is 18.5. The molecule has 0 atom stereocenters. The number of rotatable bonds is 9. The Balaban J connectivity index is 1.42. The van der Waals surface area contributed by atoms with Gasteiger partial charge in [0.2, 0.25) is 0 Å². The molecule has 6 heteroatoms. The number of amides is 2. The fourth-order valence-corrected chi connectivity index (χ4v) is 3.85. The highest BCUT2D eigenvalue weighted by Gasteiger charge is 2.22. The fourth-order valence-electron chi connectivity index (χ4n) is 3.85. The van der Waals surface area contributed by atoms with Crippen molar-refractivity contribution in [2.24, 2.45) is 0 Å². The van der Waals surface area contributed by atoms with Crippen molar-refractivity contribution in [1.29, 1.82) is 0 Å². The molecule has 0 bridgehead atoms. The molecule has 33 heavy (non-hydrogen) atoms. The van der Waals surface area contributed by atoms with Crippen LogP contribution in [0.5, 0.6) is 5.75 Å². The van der Waals surface area contributed by atoms with Crippen molar-refractivity contribution < 1.29 is 18.7 Å². The summed E-state index contributed by atoms with van der Waals surface area (Å²) in [6, 6.07) is 20.4. The van der Waals surface area contributed by atoms with Gasteiger partial charge < -0.3 is 19.4 Å². The maximum absolute atomic E-state index is 13.2. The van der Waals surface area contributed by atoms with Gasteiger partial charge in [-0.1, -0.05) is 48.5 Å². The summed E-state index contributed by atoms with van der Waals surface area (Å²) in [6.07, 6.45) is 7.73. The predicted octanol–water partition coefficient (Wildman–Crippen LogP) is 5.08. The number of para-hydroxylation sites is 1. The maximum Gasteiger partial charge on any atom is 0.265 e. The molecule has 0 saturated carbocycles. The van der Waals surface area contributed by atoms with Gasteiger partial charge in [0.05, 0.1) is 18.4 Å². The predicted molar refractivity (Wildman–Crippen MR) is 125 cm³/mol. The average Bonchev–Trinajstić information content (AvgIpc) is 3.39. The largest absolute Gasteiger partial charge is 0.483 e. The average molecular weight is 445 g/mol. The van der Waals surface area contributed by atoms with Crippen LogP contribution in [0.4, 0.5) is 0 Å². The van der Waals surface area contributed by atoms with Crippen molar-refractivity contribution in [3.8, 4) is 5.75 Å². The van der Waals surface area contributed by atoms with Gasteiger partial charge in [-0.25, -0.2) is 0 Å². The second-order valence-electron chi connectivity index (χ2n) is 7.95. The van der Waals surface area contributed by atoms with Crippen molar-refractivity contribution in [1.82, 2.24) is 10.2 Å². The summed E-state index contributed by atoms with van der Waals surface area (Å²) in [5.74, 6) is 0.686. The summed E-state index contributed by atoms with van der Waals surface area (Å²) in [6.45, 7) is 0.610. The molecule has 6 nitrogen and oxygen atoms in total. The highest BCUT2D eigenvalue weighted by atomic mass is 16.5. The van der Waals surface area contributed by atoms with Gasteiger partial charge in [0.25, 0.3) is 11.8 Å². The molecule has 1 N–H and O–H groups in total. The van der Waals surface area contributed by atoms with Crippen LogP contribution in [0, 0.1) is 0 Å². The molecule has 1 aliphatic rings. The number of benzene rings is 2. The SMILES string of the molecule is O=C(NCc1ccccc1)c1ccccc1OCC(=O)N(Cc1ccco1)C1=CCCCC1. The molecule has 0 fully saturated rings.